The molecule has 3 aromatic rings. The zero-order chi connectivity index (χ0) is 17.0. The van der Waals surface area contributed by atoms with Crippen LogP contribution in [0.25, 0.3) is 16.6 Å². The van der Waals surface area contributed by atoms with Gasteiger partial charge >= 0.3 is 0 Å². The molecule has 0 atom stereocenters. The van der Waals surface area contributed by atoms with Gasteiger partial charge in [-0.3, -0.25) is 14.2 Å². The predicted octanol–water partition coefficient (Wildman–Crippen LogP) is 2.13. The highest BCUT2D eigenvalue weighted by Crippen LogP contribution is 2.27. The van der Waals surface area contributed by atoms with Crippen LogP contribution in [0, 0.1) is 5.82 Å². The molecule has 0 aliphatic carbocycles. The van der Waals surface area contributed by atoms with Crippen molar-refractivity contribution in [2.24, 2.45) is 0 Å². The lowest BCUT2D eigenvalue weighted by molar-refractivity contribution is 0.103. The monoisotopic (exact) mass is 323 g/mol. The molecular formula is C18H14FN3O2. The molecule has 24 heavy (non-hydrogen) atoms. The molecule has 2 aromatic carbocycles. The van der Waals surface area contributed by atoms with E-state index in [4.69, 9.17) is 0 Å². The van der Waals surface area contributed by atoms with Crippen molar-refractivity contribution in [1.29, 1.82) is 0 Å². The zero-order valence-corrected chi connectivity index (χ0v) is 13.2. The van der Waals surface area contributed by atoms with Crippen LogP contribution in [0.1, 0.15) is 21.7 Å². The minimum atomic E-state index is -0.513. The van der Waals surface area contributed by atoms with Crippen molar-refractivity contribution >= 4 is 16.7 Å². The third-order valence-electron chi connectivity index (χ3n) is 4.12. The van der Waals surface area contributed by atoms with Gasteiger partial charge in [0, 0.05) is 6.54 Å². The Balaban J connectivity index is 2.09. The van der Waals surface area contributed by atoms with E-state index in [-0.39, 0.29) is 16.9 Å². The summed E-state index contributed by atoms with van der Waals surface area (Å²) >= 11 is 0. The Labute approximate surface area is 137 Å². The van der Waals surface area contributed by atoms with Gasteiger partial charge in [-0.1, -0.05) is 12.1 Å². The Hall–Kier alpha value is -2.86. The molecule has 1 aliphatic heterocycles. The zero-order valence-electron chi connectivity index (χ0n) is 13.2. The van der Waals surface area contributed by atoms with Gasteiger partial charge in [0.05, 0.1) is 22.2 Å². The number of aromatic nitrogens is 2. The molecular weight excluding hydrogens is 309 g/mol. The Morgan fingerprint density at radius 1 is 1.17 bits per heavy atom. The maximum atomic E-state index is 13.5. The van der Waals surface area contributed by atoms with E-state index < -0.39 is 11.6 Å². The molecule has 5 nitrogen and oxygen atoms in total. The first kappa shape index (κ1) is 14.7. The van der Waals surface area contributed by atoms with Crippen molar-refractivity contribution in [1.82, 2.24) is 14.5 Å². The van der Waals surface area contributed by atoms with Gasteiger partial charge in [-0.2, -0.15) is 0 Å². The van der Waals surface area contributed by atoms with Crippen LogP contribution in [-0.2, 0) is 6.54 Å². The molecule has 0 saturated heterocycles. The van der Waals surface area contributed by atoms with Crippen LogP contribution >= 0.6 is 0 Å². The smallest absolute Gasteiger partial charge is 0.266 e. The van der Waals surface area contributed by atoms with Crippen LogP contribution in [0.15, 0.2) is 41.2 Å². The Morgan fingerprint density at radius 2 is 1.96 bits per heavy atom. The summed E-state index contributed by atoms with van der Waals surface area (Å²) in [7, 11) is 3.83. The molecule has 1 aliphatic rings. The molecule has 0 fully saturated rings. The highest BCUT2D eigenvalue weighted by atomic mass is 19.1. The van der Waals surface area contributed by atoms with Gasteiger partial charge in [0.2, 0.25) is 5.78 Å². The van der Waals surface area contributed by atoms with Crippen molar-refractivity contribution < 1.29 is 9.18 Å². The number of benzene rings is 2. The van der Waals surface area contributed by atoms with E-state index in [1.807, 2.05) is 31.1 Å². The molecule has 0 saturated carbocycles. The predicted molar refractivity (Wildman–Crippen MR) is 88.1 cm³/mol. The van der Waals surface area contributed by atoms with Gasteiger partial charge in [0.25, 0.3) is 5.56 Å². The lowest BCUT2D eigenvalue weighted by Crippen LogP contribution is -2.23. The van der Waals surface area contributed by atoms with Crippen LogP contribution in [-0.4, -0.2) is 34.3 Å². The van der Waals surface area contributed by atoms with Gasteiger partial charge < -0.3 is 4.90 Å². The first-order valence-corrected chi connectivity index (χ1v) is 7.51. The normalized spacial score (nSPS) is 12.8. The molecule has 6 heteroatoms. The molecule has 120 valence electrons. The Kier molecular flexibility index (Phi) is 3.11. The van der Waals surface area contributed by atoms with E-state index >= 15 is 0 Å². The number of ketones is 1. The molecule has 2 heterocycles. The average Bonchev–Trinajstić information content (AvgIpc) is 2.80. The maximum absolute atomic E-state index is 13.5. The summed E-state index contributed by atoms with van der Waals surface area (Å²) in [4.78, 5) is 31.9. The van der Waals surface area contributed by atoms with Crippen LogP contribution in [0.5, 0.6) is 0 Å². The summed E-state index contributed by atoms with van der Waals surface area (Å²) in [6, 6.07) is 9.24. The Bertz CT molecular complexity index is 1070. The topological polar surface area (TPSA) is 55.2 Å². The van der Waals surface area contributed by atoms with E-state index in [2.05, 4.69) is 4.98 Å². The first-order chi connectivity index (χ1) is 11.5. The van der Waals surface area contributed by atoms with E-state index in [0.29, 0.717) is 23.1 Å². The summed E-state index contributed by atoms with van der Waals surface area (Å²) in [5.74, 6) is -0.905. The number of rotatable bonds is 2. The van der Waals surface area contributed by atoms with Crippen molar-refractivity contribution in [3.8, 4) is 5.69 Å². The third kappa shape index (κ3) is 2.00. The molecule has 0 bridgehead atoms. The average molecular weight is 323 g/mol. The fourth-order valence-corrected chi connectivity index (χ4v) is 3.15. The molecule has 0 amide bonds. The first-order valence-electron chi connectivity index (χ1n) is 7.51. The third-order valence-corrected chi connectivity index (χ3v) is 4.12. The van der Waals surface area contributed by atoms with E-state index in [9.17, 15) is 14.0 Å². The van der Waals surface area contributed by atoms with Gasteiger partial charge in [-0.25, -0.2) is 9.37 Å². The van der Waals surface area contributed by atoms with Gasteiger partial charge in [-0.05, 0) is 43.9 Å². The minimum Gasteiger partial charge on any atom is -0.305 e. The number of fused-ring (bicyclic) bond motifs is 4. The summed E-state index contributed by atoms with van der Waals surface area (Å²) in [5, 5.41) is 0.486. The lowest BCUT2D eigenvalue weighted by Gasteiger charge is -2.13. The van der Waals surface area contributed by atoms with Gasteiger partial charge in [-0.15, -0.1) is 0 Å². The summed E-state index contributed by atoms with van der Waals surface area (Å²) in [6.45, 7) is 0.581. The molecule has 0 N–H and O–H groups in total. The molecule has 4 rings (SSSR count). The fraction of sp³-hybridized carbons (Fsp3) is 0.167. The highest BCUT2D eigenvalue weighted by molar-refractivity contribution is 6.13. The van der Waals surface area contributed by atoms with Crippen LogP contribution in [0.4, 0.5) is 4.39 Å². The van der Waals surface area contributed by atoms with E-state index in [1.54, 1.807) is 6.07 Å². The van der Waals surface area contributed by atoms with Gasteiger partial charge in [0.15, 0.2) is 5.82 Å². The second-order valence-corrected chi connectivity index (χ2v) is 6.12. The SMILES string of the molecule is CN(C)Cc1cccc2nc3n(c(=O)c12)-c1ccc(F)cc1C3=O. The maximum Gasteiger partial charge on any atom is 0.266 e. The number of nitrogens with zero attached hydrogens (tertiary/aromatic N) is 3. The molecule has 0 radical (unpaired) electrons. The number of hydrogen-bond acceptors (Lipinski definition) is 4. The standard InChI is InChI=1S/C18H14FN3O2/c1-21(2)9-10-4-3-5-13-15(10)18(24)22-14-7-6-11(19)8-12(14)16(23)17(22)20-13/h3-8H,9H2,1-2H3. The van der Waals surface area contributed by atoms with Crippen LogP contribution < -0.4 is 5.56 Å². The number of carbonyl (C=O) groups excluding carboxylic acids is 1. The van der Waals surface area contributed by atoms with Crippen LogP contribution in [0.2, 0.25) is 0 Å². The van der Waals surface area contributed by atoms with Crippen molar-refractivity contribution in [3.05, 3.63) is 69.5 Å². The molecule has 0 unspecified atom stereocenters. The minimum absolute atomic E-state index is 0.0371. The Morgan fingerprint density at radius 3 is 2.71 bits per heavy atom. The highest BCUT2D eigenvalue weighted by Gasteiger charge is 2.31. The largest absolute Gasteiger partial charge is 0.305 e. The summed E-state index contributed by atoms with van der Waals surface area (Å²) in [5.41, 5.74) is 1.58. The summed E-state index contributed by atoms with van der Waals surface area (Å²) in [6.07, 6.45) is 0. The quantitative estimate of drug-likeness (QED) is 0.567. The van der Waals surface area contributed by atoms with Gasteiger partial charge in [0.1, 0.15) is 5.82 Å². The van der Waals surface area contributed by atoms with Crippen molar-refractivity contribution in [3.63, 3.8) is 0 Å². The number of hydrogen-bond donors (Lipinski definition) is 0. The van der Waals surface area contributed by atoms with Crippen molar-refractivity contribution in [2.45, 2.75) is 6.54 Å². The second kappa shape index (κ2) is 5.07. The lowest BCUT2D eigenvalue weighted by atomic mass is 10.1. The number of carbonyl (C=O) groups is 1. The molecule has 1 aromatic heterocycles. The molecule has 0 spiro atoms. The second-order valence-electron chi connectivity index (χ2n) is 6.12. The number of halogens is 1. The van der Waals surface area contributed by atoms with Crippen molar-refractivity contribution in [2.75, 3.05) is 14.1 Å². The van der Waals surface area contributed by atoms with E-state index in [1.165, 1.54) is 16.7 Å². The summed E-state index contributed by atoms with van der Waals surface area (Å²) < 4.78 is 14.8. The fourth-order valence-electron chi connectivity index (χ4n) is 3.15. The van der Waals surface area contributed by atoms with E-state index in [0.717, 1.165) is 11.6 Å². The van der Waals surface area contributed by atoms with Crippen LogP contribution in [0.3, 0.4) is 0 Å².